The number of methoxy groups -OCH3 is 1. The van der Waals surface area contributed by atoms with Gasteiger partial charge in [0.15, 0.2) is 5.96 Å². The zero-order valence-electron chi connectivity index (χ0n) is 14.8. The Morgan fingerprint density at radius 3 is 2.70 bits per heavy atom. The highest BCUT2D eigenvalue weighted by Crippen LogP contribution is 2.43. The molecule has 132 valence electrons. The SMILES string of the molecule is CN=C(NCC1(CCOC)CCC1)N(C)Cc1cccn1C.I. The molecule has 1 heterocycles. The molecule has 1 aromatic rings. The summed E-state index contributed by atoms with van der Waals surface area (Å²) in [6, 6.07) is 4.23. The highest BCUT2D eigenvalue weighted by molar-refractivity contribution is 14.0. The number of aromatic nitrogens is 1. The summed E-state index contributed by atoms with van der Waals surface area (Å²) in [7, 11) is 7.80. The molecule has 0 unspecified atom stereocenters. The minimum absolute atomic E-state index is 0. The Morgan fingerprint density at radius 2 is 2.22 bits per heavy atom. The number of ether oxygens (including phenoxy) is 1. The Morgan fingerprint density at radius 1 is 1.48 bits per heavy atom. The lowest BCUT2D eigenvalue weighted by Crippen LogP contribution is -2.47. The van der Waals surface area contributed by atoms with Crippen molar-refractivity contribution < 1.29 is 4.74 Å². The van der Waals surface area contributed by atoms with Crippen molar-refractivity contribution in [2.24, 2.45) is 17.5 Å². The van der Waals surface area contributed by atoms with E-state index in [1.54, 1.807) is 7.11 Å². The Kier molecular flexibility index (Phi) is 8.39. The number of halogens is 1. The molecular formula is C17H31IN4O. The fourth-order valence-corrected chi connectivity index (χ4v) is 3.14. The Bertz CT molecular complexity index is 497. The van der Waals surface area contributed by atoms with Gasteiger partial charge in [0.1, 0.15) is 0 Å². The molecule has 5 nitrogen and oxygen atoms in total. The predicted octanol–water partition coefficient (Wildman–Crippen LogP) is 2.86. The molecule has 1 saturated carbocycles. The van der Waals surface area contributed by atoms with E-state index in [2.05, 4.69) is 52.2 Å². The molecule has 1 fully saturated rings. The molecule has 0 aromatic carbocycles. The molecule has 0 radical (unpaired) electrons. The number of hydrogen-bond acceptors (Lipinski definition) is 2. The summed E-state index contributed by atoms with van der Waals surface area (Å²) in [6.45, 7) is 2.69. The van der Waals surface area contributed by atoms with Crippen molar-refractivity contribution in [1.82, 2.24) is 14.8 Å². The first-order chi connectivity index (χ1) is 10.6. The number of aryl methyl sites for hydroxylation is 1. The minimum Gasteiger partial charge on any atom is -0.385 e. The van der Waals surface area contributed by atoms with Gasteiger partial charge in [0, 0.05) is 53.3 Å². The van der Waals surface area contributed by atoms with Crippen LogP contribution in [0.3, 0.4) is 0 Å². The number of rotatable bonds is 7. The maximum Gasteiger partial charge on any atom is 0.193 e. The summed E-state index contributed by atoms with van der Waals surface area (Å²) >= 11 is 0. The topological polar surface area (TPSA) is 41.8 Å². The van der Waals surface area contributed by atoms with Gasteiger partial charge in [-0.25, -0.2) is 0 Å². The first-order valence-corrected chi connectivity index (χ1v) is 8.11. The van der Waals surface area contributed by atoms with Gasteiger partial charge in [-0.2, -0.15) is 0 Å². The van der Waals surface area contributed by atoms with Crippen molar-refractivity contribution >= 4 is 29.9 Å². The van der Waals surface area contributed by atoms with Crippen LogP contribution in [0.25, 0.3) is 0 Å². The Labute approximate surface area is 157 Å². The Hall–Kier alpha value is -0.760. The van der Waals surface area contributed by atoms with Gasteiger partial charge in [-0.1, -0.05) is 6.42 Å². The van der Waals surface area contributed by atoms with Crippen molar-refractivity contribution in [3.63, 3.8) is 0 Å². The molecule has 1 aromatic heterocycles. The lowest BCUT2D eigenvalue weighted by Gasteiger charge is -2.42. The minimum atomic E-state index is 0. The smallest absolute Gasteiger partial charge is 0.193 e. The molecule has 2 rings (SSSR count). The van der Waals surface area contributed by atoms with Gasteiger partial charge in [-0.3, -0.25) is 4.99 Å². The van der Waals surface area contributed by atoms with Crippen molar-refractivity contribution in [1.29, 1.82) is 0 Å². The molecule has 0 aliphatic heterocycles. The molecule has 1 N–H and O–H groups in total. The zero-order chi connectivity index (χ0) is 16.0. The van der Waals surface area contributed by atoms with Crippen LogP contribution >= 0.6 is 24.0 Å². The number of hydrogen-bond donors (Lipinski definition) is 1. The van der Waals surface area contributed by atoms with Crippen molar-refractivity contribution in [3.8, 4) is 0 Å². The van der Waals surface area contributed by atoms with E-state index >= 15 is 0 Å². The predicted molar refractivity (Wildman–Crippen MR) is 106 cm³/mol. The summed E-state index contributed by atoms with van der Waals surface area (Å²) in [5, 5.41) is 3.56. The second-order valence-corrected chi connectivity index (χ2v) is 6.46. The van der Waals surface area contributed by atoms with Crippen molar-refractivity contribution in [2.75, 3.05) is 34.4 Å². The van der Waals surface area contributed by atoms with E-state index in [4.69, 9.17) is 4.74 Å². The Balaban J connectivity index is 0.00000264. The van der Waals surface area contributed by atoms with Gasteiger partial charge in [0.25, 0.3) is 0 Å². The number of aliphatic imine (C=N–C) groups is 1. The molecule has 6 heteroatoms. The zero-order valence-corrected chi connectivity index (χ0v) is 17.2. The summed E-state index contributed by atoms with van der Waals surface area (Å²) in [5.41, 5.74) is 1.68. The summed E-state index contributed by atoms with van der Waals surface area (Å²) in [4.78, 5) is 6.61. The van der Waals surface area contributed by atoms with E-state index in [0.717, 1.165) is 32.1 Å². The molecule has 0 amide bonds. The van der Waals surface area contributed by atoms with Crippen LogP contribution < -0.4 is 5.32 Å². The lowest BCUT2D eigenvalue weighted by molar-refractivity contribution is 0.0727. The van der Waals surface area contributed by atoms with E-state index in [1.165, 1.54) is 25.0 Å². The van der Waals surface area contributed by atoms with Gasteiger partial charge < -0.3 is 19.5 Å². The van der Waals surface area contributed by atoms with Crippen LogP contribution in [0.2, 0.25) is 0 Å². The third-order valence-electron chi connectivity index (χ3n) is 4.90. The van der Waals surface area contributed by atoms with Crippen LogP contribution in [-0.2, 0) is 18.3 Å². The van der Waals surface area contributed by atoms with E-state index in [9.17, 15) is 0 Å². The highest BCUT2D eigenvalue weighted by Gasteiger charge is 2.36. The fourth-order valence-electron chi connectivity index (χ4n) is 3.14. The quantitative estimate of drug-likeness (QED) is 0.408. The van der Waals surface area contributed by atoms with Crippen molar-refractivity contribution in [3.05, 3.63) is 24.0 Å². The first kappa shape index (κ1) is 20.3. The van der Waals surface area contributed by atoms with Gasteiger partial charge in [0.2, 0.25) is 0 Å². The van der Waals surface area contributed by atoms with E-state index in [1.807, 2.05) is 7.05 Å². The van der Waals surface area contributed by atoms with E-state index in [-0.39, 0.29) is 24.0 Å². The number of nitrogens with one attached hydrogen (secondary N) is 1. The van der Waals surface area contributed by atoms with Crippen LogP contribution in [0.5, 0.6) is 0 Å². The normalized spacial score (nSPS) is 16.4. The average molecular weight is 434 g/mol. The monoisotopic (exact) mass is 434 g/mol. The summed E-state index contributed by atoms with van der Waals surface area (Å²) in [6.07, 6.45) is 7.13. The summed E-state index contributed by atoms with van der Waals surface area (Å²) in [5.74, 6) is 0.963. The third kappa shape index (κ3) is 5.38. The molecule has 1 aliphatic rings. The highest BCUT2D eigenvalue weighted by atomic mass is 127. The van der Waals surface area contributed by atoms with Crippen LogP contribution in [0.4, 0.5) is 0 Å². The van der Waals surface area contributed by atoms with Gasteiger partial charge >= 0.3 is 0 Å². The number of guanidine groups is 1. The molecule has 0 spiro atoms. The molecule has 1 aliphatic carbocycles. The molecule has 0 saturated heterocycles. The van der Waals surface area contributed by atoms with Gasteiger partial charge in [-0.05, 0) is 36.8 Å². The second-order valence-electron chi connectivity index (χ2n) is 6.46. The van der Waals surface area contributed by atoms with Crippen LogP contribution in [0.15, 0.2) is 23.3 Å². The van der Waals surface area contributed by atoms with E-state index in [0.29, 0.717) is 5.41 Å². The third-order valence-corrected chi connectivity index (χ3v) is 4.90. The second kappa shape index (κ2) is 9.52. The van der Waals surface area contributed by atoms with Crippen molar-refractivity contribution in [2.45, 2.75) is 32.2 Å². The first-order valence-electron chi connectivity index (χ1n) is 8.11. The molecule has 0 atom stereocenters. The van der Waals surface area contributed by atoms with Gasteiger partial charge in [0.05, 0.1) is 6.54 Å². The summed E-state index contributed by atoms with van der Waals surface area (Å²) < 4.78 is 7.41. The van der Waals surface area contributed by atoms with Crippen LogP contribution in [-0.4, -0.2) is 49.8 Å². The standard InChI is InChI=1S/C17H30N4O.HI/c1-18-16(21(3)13-15-7-5-11-20(15)2)19-14-17(8-6-9-17)10-12-22-4;/h5,7,11H,6,8-10,12-14H2,1-4H3,(H,18,19);1H. The molecule has 23 heavy (non-hydrogen) atoms. The maximum atomic E-state index is 5.27. The molecule has 0 bridgehead atoms. The lowest BCUT2D eigenvalue weighted by atomic mass is 9.67. The van der Waals surface area contributed by atoms with E-state index < -0.39 is 0 Å². The van der Waals surface area contributed by atoms with Crippen LogP contribution in [0.1, 0.15) is 31.4 Å². The molecular weight excluding hydrogens is 403 g/mol. The largest absolute Gasteiger partial charge is 0.385 e. The fraction of sp³-hybridized carbons (Fsp3) is 0.706. The van der Waals surface area contributed by atoms with Crippen LogP contribution in [0, 0.1) is 5.41 Å². The maximum absolute atomic E-state index is 5.27. The number of nitrogens with zero attached hydrogens (tertiary/aromatic N) is 3. The average Bonchev–Trinajstić information content (AvgIpc) is 2.86. The van der Waals surface area contributed by atoms with Gasteiger partial charge in [-0.15, -0.1) is 24.0 Å².